The zero-order chi connectivity index (χ0) is 13.2. The van der Waals surface area contributed by atoms with Crippen LogP contribution in [-0.4, -0.2) is 50.1 Å². The van der Waals surface area contributed by atoms with Gasteiger partial charge in [0.15, 0.2) is 0 Å². The lowest BCUT2D eigenvalue weighted by molar-refractivity contribution is 0.148. The van der Waals surface area contributed by atoms with Crippen LogP contribution < -0.4 is 4.74 Å². The van der Waals surface area contributed by atoms with Crippen LogP contribution >= 0.6 is 0 Å². The number of likely N-dealkylation sites (N-methyl/N-ethyl adjacent to an activating group) is 1. The van der Waals surface area contributed by atoms with E-state index in [1.807, 2.05) is 18.4 Å². The molecule has 3 rings (SSSR count). The summed E-state index contributed by atoms with van der Waals surface area (Å²) in [7, 11) is 3.87. The normalized spacial score (nSPS) is 18.0. The van der Waals surface area contributed by atoms with Crippen molar-refractivity contribution < 1.29 is 9.15 Å². The Morgan fingerprint density at radius 2 is 2.00 bits per heavy atom. The van der Waals surface area contributed by atoms with Gasteiger partial charge in [-0.2, -0.15) is 0 Å². The van der Waals surface area contributed by atoms with Gasteiger partial charge >= 0.3 is 0 Å². The maximum Gasteiger partial charge on any atom is 0.134 e. The van der Waals surface area contributed by atoms with Gasteiger partial charge in [-0.3, -0.25) is 4.90 Å². The number of ether oxygens (including phenoxy) is 1. The van der Waals surface area contributed by atoms with E-state index in [1.54, 1.807) is 7.11 Å². The first-order valence-electron chi connectivity index (χ1n) is 6.71. The van der Waals surface area contributed by atoms with Gasteiger partial charge < -0.3 is 14.1 Å². The Labute approximate surface area is 113 Å². The highest BCUT2D eigenvalue weighted by Gasteiger charge is 2.16. The molecular formula is C15H20N2O2. The number of nitrogens with zero attached hydrogens (tertiary/aromatic N) is 2. The van der Waals surface area contributed by atoms with E-state index in [9.17, 15) is 0 Å². The van der Waals surface area contributed by atoms with Crippen LogP contribution in [0.5, 0.6) is 5.75 Å². The number of furan rings is 1. The van der Waals surface area contributed by atoms with E-state index >= 15 is 0 Å². The zero-order valence-electron chi connectivity index (χ0n) is 11.6. The molecule has 4 heteroatoms. The molecule has 1 saturated heterocycles. The molecule has 0 aliphatic carbocycles. The summed E-state index contributed by atoms with van der Waals surface area (Å²) in [5.74, 6) is 0.883. The van der Waals surface area contributed by atoms with Gasteiger partial charge in [0.2, 0.25) is 0 Å². The van der Waals surface area contributed by atoms with Crippen molar-refractivity contribution in [2.45, 2.75) is 6.54 Å². The van der Waals surface area contributed by atoms with Crippen molar-refractivity contribution in [2.24, 2.45) is 0 Å². The number of benzene rings is 1. The summed E-state index contributed by atoms with van der Waals surface area (Å²) < 4.78 is 10.9. The highest BCUT2D eigenvalue weighted by molar-refractivity contribution is 5.82. The summed E-state index contributed by atoms with van der Waals surface area (Å²) in [5.41, 5.74) is 2.18. The van der Waals surface area contributed by atoms with Gasteiger partial charge in [0.05, 0.1) is 13.4 Å². The average Bonchev–Trinajstić information content (AvgIpc) is 2.84. The van der Waals surface area contributed by atoms with Gasteiger partial charge in [0.25, 0.3) is 0 Å². The second-order valence-electron chi connectivity index (χ2n) is 5.20. The van der Waals surface area contributed by atoms with Crippen LogP contribution in [0.15, 0.2) is 28.9 Å². The van der Waals surface area contributed by atoms with Crippen LogP contribution in [0, 0.1) is 0 Å². The Hall–Kier alpha value is -1.52. The van der Waals surface area contributed by atoms with E-state index in [-0.39, 0.29) is 0 Å². The molecule has 2 heterocycles. The van der Waals surface area contributed by atoms with Gasteiger partial charge in [0, 0.05) is 43.7 Å². The molecule has 2 aromatic rings. The summed E-state index contributed by atoms with van der Waals surface area (Å²) >= 11 is 0. The van der Waals surface area contributed by atoms with Crippen molar-refractivity contribution in [2.75, 3.05) is 40.3 Å². The molecule has 4 nitrogen and oxygen atoms in total. The predicted molar refractivity (Wildman–Crippen MR) is 75.5 cm³/mol. The molecule has 0 N–H and O–H groups in total. The van der Waals surface area contributed by atoms with E-state index in [0.29, 0.717) is 0 Å². The maximum atomic E-state index is 5.62. The summed E-state index contributed by atoms with van der Waals surface area (Å²) in [6, 6.07) is 5.97. The summed E-state index contributed by atoms with van der Waals surface area (Å²) in [4.78, 5) is 4.84. The molecule has 0 atom stereocenters. The molecule has 0 bridgehead atoms. The Kier molecular flexibility index (Phi) is 3.44. The SMILES string of the molecule is COc1ccc2occ(CN3CCN(C)CC3)c2c1. The van der Waals surface area contributed by atoms with E-state index in [4.69, 9.17) is 9.15 Å². The first kappa shape index (κ1) is 12.5. The molecule has 0 saturated carbocycles. The fraction of sp³-hybridized carbons (Fsp3) is 0.467. The largest absolute Gasteiger partial charge is 0.497 e. The summed E-state index contributed by atoms with van der Waals surface area (Å²) in [6.07, 6.45) is 1.88. The Bertz CT molecular complexity index is 556. The van der Waals surface area contributed by atoms with Gasteiger partial charge in [0.1, 0.15) is 11.3 Å². The van der Waals surface area contributed by atoms with Crippen LogP contribution in [0.25, 0.3) is 11.0 Å². The minimum Gasteiger partial charge on any atom is -0.497 e. The molecule has 1 aliphatic rings. The summed E-state index contributed by atoms with van der Waals surface area (Å²) in [6.45, 7) is 5.46. The first-order valence-corrected chi connectivity index (χ1v) is 6.71. The third-order valence-corrected chi connectivity index (χ3v) is 3.85. The van der Waals surface area contributed by atoms with Gasteiger partial charge in [-0.1, -0.05) is 0 Å². The molecule has 0 unspecified atom stereocenters. The van der Waals surface area contributed by atoms with Gasteiger partial charge in [-0.05, 0) is 25.2 Å². The molecule has 1 aliphatic heterocycles. The van der Waals surface area contributed by atoms with Gasteiger partial charge in [-0.25, -0.2) is 0 Å². The minimum absolute atomic E-state index is 0.883. The van der Waals surface area contributed by atoms with Crippen LogP contribution in [-0.2, 0) is 6.54 Å². The molecule has 1 aromatic heterocycles. The lowest BCUT2D eigenvalue weighted by Crippen LogP contribution is -2.43. The standard InChI is InChI=1S/C15H20N2O2/c1-16-5-7-17(8-6-16)10-12-11-19-15-4-3-13(18-2)9-14(12)15/h3-4,9,11H,5-8,10H2,1-2H3. The van der Waals surface area contributed by atoms with E-state index in [2.05, 4.69) is 22.9 Å². The van der Waals surface area contributed by atoms with E-state index < -0.39 is 0 Å². The van der Waals surface area contributed by atoms with Crippen molar-refractivity contribution in [1.82, 2.24) is 9.80 Å². The smallest absolute Gasteiger partial charge is 0.134 e. The van der Waals surface area contributed by atoms with E-state index in [1.165, 1.54) is 10.9 Å². The van der Waals surface area contributed by atoms with Crippen molar-refractivity contribution in [1.29, 1.82) is 0 Å². The Balaban J connectivity index is 1.80. The van der Waals surface area contributed by atoms with Crippen LogP contribution in [0.1, 0.15) is 5.56 Å². The maximum absolute atomic E-state index is 5.62. The lowest BCUT2D eigenvalue weighted by Gasteiger charge is -2.32. The quantitative estimate of drug-likeness (QED) is 0.846. The van der Waals surface area contributed by atoms with Crippen molar-refractivity contribution in [3.8, 4) is 5.75 Å². The van der Waals surface area contributed by atoms with E-state index in [0.717, 1.165) is 44.1 Å². The van der Waals surface area contributed by atoms with Crippen molar-refractivity contribution in [3.05, 3.63) is 30.0 Å². The number of hydrogen-bond acceptors (Lipinski definition) is 4. The molecule has 1 fully saturated rings. The highest BCUT2D eigenvalue weighted by Crippen LogP contribution is 2.26. The summed E-state index contributed by atoms with van der Waals surface area (Å²) in [5, 5.41) is 1.17. The first-order chi connectivity index (χ1) is 9.26. The lowest BCUT2D eigenvalue weighted by atomic mass is 10.1. The van der Waals surface area contributed by atoms with Crippen molar-refractivity contribution >= 4 is 11.0 Å². The Morgan fingerprint density at radius 1 is 1.21 bits per heavy atom. The second kappa shape index (κ2) is 5.23. The molecular weight excluding hydrogens is 240 g/mol. The molecule has 1 aromatic carbocycles. The third-order valence-electron chi connectivity index (χ3n) is 3.85. The highest BCUT2D eigenvalue weighted by atomic mass is 16.5. The number of rotatable bonds is 3. The fourth-order valence-corrected chi connectivity index (χ4v) is 2.56. The van der Waals surface area contributed by atoms with Crippen LogP contribution in [0.4, 0.5) is 0 Å². The number of fused-ring (bicyclic) bond motifs is 1. The van der Waals surface area contributed by atoms with Gasteiger partial charge in [-0.15, -0.1) is 0 Å². The van der Waals surface area contributed by atoms with Crippen molar-refractivity contribution in [3.63, 3.8) is 0 Å². The molecule has 19 heavy (non-hydrogen) atoms. The molecule has 0 amide bonds. The third kappa shape index (κ3) is 2.60. The number of methoxy groups -OCH3 is 1. The Morgan fingerprint density at radius 3 is 2.74 bits per heavy atom. The number of hydrogen-bond donors (Lipinski definition) is 0. The molecule has 0 spiro atoms. The minimum atomic E-state index is 0.883. The fourth-order valence-electron chi connectivity index (χ4n) is 2.56. The predicted octanol–water partition coefficient (Wildman–Crippen LogP) is 2.19. The second-order valence-corrected chi connectivity index (χ2v) is 5.20. The average molecular weight is 260 g/mol. The zero-order valence-corrected chi connectivity index (χ0v) is 11.6. The topological polar surface area (TPSA) is 28.9 Å². The van der Waals surface area contributed by atoms with Crippen LogP contribution in [0.3, 0.4) is 0 Å². The molecule has 102 valence electrons. The molecule has 0 radical (unpaired) electrons. The number of piperazine rings is 1. The van der Waals surface area contributed by atoms with Crippen LogP contribution in [0.2, 0.25) is 0 Å². The monoisotopic (exact) mass is 260 g/mol.